The Hall–Kier alpha value is -0.420. The molecule has 0 aromatic heterocycles. The summed E-state index contributed by atoms with van der Waals surface area (Å²) >= 11 is 3.50. The van der Waals surface area contributed by atoms with E-state index in [2.05, 4.69) is 28.1 Å². The molecule has 0 saturated heterocycles. The first-order valence-electron chi connectivity index (χ1n) is 6.13. The van der Waals surface area contributed by atoms with Crippen LogP contribution in [0.3, 0.4) is 0 Å². The van der Waals surface area contributed by atoms with E-state index in [0.717, 1.165) is 22.2 Å². The predicted molar refractivity (Wildman–Crippen MR) is 75.6 cm³/mol. The molecule has 0 N–H and O–H groups in total. The molecule has 0 saturated carbocycles. The number of ether oxygens (including phenoxy) is 3. The van der Waals surface area contributed by atoms with E-state index >= 15 is 0 Å². The zero-order chi connectivity index (χ0) is 13.4. The van der Waals surface area contributed by atoms with Gasteiger partial charge in [-0.2, -0.15) is 0 Å². The molecule has 0 radical (unpaired) electrons. The van der Waals surface area contributed by atoms with E-state index in [4.69, 9.17) is 14.2 Å². The molecule has 0 spiro atoms. The fourth-order valence-corrected chi connectivity index (χ4v) is 2.02. The summed E-state index contributed by atoms with van der Waals surface area (Å²) in [5.41, 5.74) is 2.28. The summed E-state index contributed by atoms with van der Waals surface area (Å²) in [6, 6.07) is 6.17. The van der Waals surface area contributed by atoms with Crippen molar-refractivity contribution < 1.29 is 14.2 Å². The number of methoxy groups -OCH3 is 1. The lowest BCUT2D eigenvalue weighted by Crippen LogP contribution is -2.15. The lowest BCUT2D eigenvalue weighted by atomic mass is 10.1. The highest BCUT2D eigenvalue weighted by Gasteiger charge is 2.04. The van der Waals surface area contributed by atoms with Gasteiger partial charge in [0.1, 0.15) is 0 Å². The molecular weight excluding hydrogens is 296 g/mol. The summed E-state index contributed by atoms with van der Waals surface area (Å²) in [6.45, 7) is 6.54. The second-order valence-corrected chi connectivity index (χ2v) is 4.99. The normalized spacial score (nSPS) is 12.7. The van der Waals surface area contributed by atoms with Crippen LogP contribution in [0.1, 0.15) is 25.0 Å². The Morgan fingerprint density at radius 2 is 2.06 bits per heavy atom. The summed E-state index contributed by atoms with van der Waals surface area (Å²) in [7, 11) is 1.69. The number of halogens is 1. The van der Waals surface area contributed by atoms with Crippen molar-refractivity contribution in [1.82, 2.24) is 0 Å². The molecule has 0 fully saturated rings. The molecule has 0 bridgehead atoms. The largest absolute Gasteiger partial charge is 0.380 e. The van der Waals surface area contributed by atoms with Gasteiger partial charge in [0.25, 0.3) is 0 Å². The summed E-state index contributed by atoms with van der Waals surface area (Å²) in [5, 5.41) is 0. The summed E-state index contributed by atoms with van der Waals surface area (Å²) in [6.07, 6.45) is 0.142. The first kappa shape index (κ1) is 15.6. The van der Waals surface area contributed by atoms with Crippen molar-refractivity contribution >= 4 is 15.9 Å². The number of benzene rings is 1. The van der Waals surface area contributed by atoms with Gasteiger partial charge in [0, 0.05) is 18.2 Å². The molecule has 0 aliphatic rings. The summed E-state index contributed by atoms with van der Waals surface area (Å²) in [4.78, 5) is 0. The molecule has 0 aliphatic heterocycles. The van der Waals surface area contributed by atoms with Crippen molar-refractivity contribution in [3.8, 4) is 0 Å². The monoisotopic (exact) mass is 316 g/mol. The number of hydrogen-bond acceptors (Lipinski definition) is 3. The van der Waals surface area contributed by atoms with Crippen LogP contribution in [-0.4, -0.2) is 26.4 Å². The van der Waals surface area contributed by atoms with E-state index < -0.39 is 0 Å². The van der Waals surface area contributed by atoms with Gasteiger partial charge in [-0.15, -0.1) is 0 Å². The third-order valence-corrected chi connectivity index (χ3v) is 3.26. The van der Waals surface area contributed by atoms with Gasteiger partial charge in [0.15, 0.2) is 0 Å². The Labute approximate surface area is 118 Å². The molecule has 1 rings (SSSR count). The maximum Gasteiger partial charge on any atom is 0.0780 e. The quantitative estimate of drug-likeness (QED) is 0.734. The third-order valence-electron chi connectivity index (χ3n) is 2.48. The maximum absolute atomic E-state index is 5.63. The van der Waals surface area contributed by atoms with E-state index in [1.807, 2.05) is 19.9 Å². The fraction of sp³-hybridized carbons (Fsp3) is 0.571. The fourth-order valence-electron chi connectivity index (χ4n) is 1.66. The first-order chi connectivity index (χ1) is 8.67. The highest BCUT2D eigenvalue weighted by Crippen LogP contribution is 2.19. The minimum atomic E-state index is 0.142. The molecule has 3 nitrogen and oxygen atoms in total. The van der Waals surface area contributed by atoms with Gasteiger partial charge < -0.3 is 14.2 Å². The van der Waals surface area contributed by atoms with Crippen molar-refractivity contribution in [3.63, 3.8) is 0 Å². The Morgan fingerprint density at radius 1 is 1.28 bits per heavy atom. The van der Waals surface area contributed by atoms with Crippen LogP contribution >= 0.6 is 15.9 Å². The van der Waals surface area contributed by atoms with Crippen LogP contribution in [0.4, 0.5) is 0 Å². The van der Waals surface area contributed by atoms with Crippen LogP contribution in [0.25, 0.3) is 0 Å². The third kappa shape index (κ3) is 5.48. The average molecular weight is 317 g/mol. The van der Waals surface area contributed by atoms with E-state index in [9.17, 15) is 0 Å². The lowest BCUT2D eigenvalue weighted by Gasteiger charge is -2.12. The van der Waals surface area contributed by atoms with Gasteiger partial charge in [-0.25, -0.2) is 0 Å². The molecule has 18 heavy (non-hydrogen) atoms. The predicted octanol–water partition coefficient (Wildman–Crippen LogP) is 3.54. The average Bonchev–Trinajstić information content (AvgIpc) is 2.34. The number of rotatable bonds is 8. The molecule has 0 amide bonds. The summed E-state index contributed by atoms with van der Waals surface area (Å²) < 4.78 is 17.2. The Kier molecular flexibility index (Phi) is 7.51. The van der Waals surface area contributed by atoms with Crippen molar-refractivity contribution in [3.05, 3.63) is 33.8 Å². The minimum absolute atomic E-state index is 0.142. The van der Waals surface area contributed by atoms with E-state index in [0.29, 0.717) is 19.8 Å². The molecule has 0 heterocycles. The molecule has 102 valence electrons. The van der Waals surface area contributed by atoms with Crippen molar-refractivity contribution in [1.29, 1.82) is 0 Å². The molecule has 4 heteroatoms. The van der Waals surface area contributed by atoms with Gasteiger partial charge in [0.05, 0.1) is 25.9 Å². The highest BCUT2D eigenvalue weighted by molar-refractivity contribution is 9.10. The van der Waals surface area contributed by atoms with Crippen LogP contribution < -0.4 is 0 Å². The van der Waals surface area contributed by atoms with Crippen molar-refractivity contribution in [2.45, 2.75) is 33.2 Å². The van der Waals surface area contributed by atoms with Gasteiger partial charge in [-0.1, -0.05) is 28.1 Å². The smallest absolute Gasteiger partial charge is 0.0780 e. The van der Waals surface area contributed by atoms with Crippen molar-refractivity contribution in [2.24, 2.45) is 0 Å². The Morgan fingerprint density at radius 3 is 2.72 bits per heavy atom. The Bertz CT molecular complexity index is 355. The van der Waals surface area contributed by atoms with Crippen LogP contribution in [0, 0.1) is 0 Å². The molecule has 1 aromatic carbocycles. The molecular formula is C14H21BrO3. The first-order valence-corrected chi connectivity index (χ1v) is 6.92. The van der Waals surface area contributed by atoms with Crippen LogP contribution in [-0.2, 0) is 27.4 Å². The van der Waals surface area contributed by atoms with E-state index in [1.54, 1.807) is 7.11 Å². The van der Waals surface area contributed by atoms with E-state index in [1.165, 1.54) is 0 Å². The standard InChI is InChI=1S/C14H21BrO3/c1-4-18-11(2)8-17-9-12-5-6-14(15)13(7-12)10-16-3/h5-7,11H,4,8-10H2,1-3H3/t11-/m1/s1. The zero-order valence-electron chi connectivity index (χ0n) is 11.2. The maximum atomic E-state index is 5.63. The van der Waals surface area contributed by atoms with Gasteiger partial charge in [-0.3, -0.25) is 0 Å². The minimum Gasteiger partial charge on any atom is -0.380 e. The second-order valence-electron chi connectivity index (χ2n) is 4.14. The second kappa shape index (κ2) is 8.64. The zero-order valence-corrected chi connectivity index (χ0v) is 12.8. The van der Waals surface area contributed by atoms with Crippen molar-refractivity contribution in [2.75, 3.05) is 20.3 Å². The summed E-state index contributed by atoms with van der Waals surface area (Å²) in [5.74, 6) is 0. The van der Waals surface area contributed by atoms with Crippen LogP contribution in [0.15, 0.2) is 22.7 Å². The lowest BCUT2D eigenvalue weighted by molar-refractivity contribution is -0.00716. The molecule has 1 atom stereocenters. The number of hydrogen-bond donors (Lipinski definition) is 0. The van der Waals surface area contributed by atoms with Crippen LogP contribution in [0.2, 0.25) is 0 Å². The molecule has 1 aromatic rings. The van der Waals surface area contributed by atoms with Crippen LogP contribution in [0.5, 0.6) is 0 Å². The van der Waals surface area contributed by atoms with E-state index in [-0.39, 0.29) is 6.10 Å². The molecule has 0 aliphatic carbocycles. The Balaban J connectivity index is 2.44. The molecule has 0 unspecified atom stereocenters. The van der Waals surface area contributed by atoms with Gasteiger partial charge in [0.2, 0.25) is 0 Å². The topological polar surface area (TPSA) is 27.7 Å². The van der Waals surface area contributed by atoms with Gasteiger partial charge in [-0.05, 0) is 31.0 Å². The highest BCUT2D eigenvalue weighted by atomic mass is 79.9. The SMILES string of the molecule is CCO[C@H](C)COCc1ccc(Br)c(COC)c1. The van der Waals surface area contributed by atoms with Gasteiger partial charge >= 0.3 is 0 Å².